The Morgan fingerprint density at radius 1 is 0.591 bits per heavy atom. The smallest absolute Gasteiger partial charge is 0.160 e. The minimum absolute atomic E-state index is 0.172. The standard InChI is InChI=1S/C41H31N3/c1-41(32-22-24-33(25-23-32)44-38-20-10-8-18-34(38)35-19-9-11-21-39(35)44)26-12-17-31(28-41)37-27-36(29-13-4-2-5-14-29)42-40(43-37)30-15-6-3-7-16-30/h2-27H,28H2,1H3. The Balaban J connectivity index is 1.16. The van der Waals surface area contributed by atoms with Crippen LogP contribution in [-0.2, 0) is 5.41 Å². The van der Waals surface area contributed by atoms with Crippen LogP contribution < -0.4 is 0 Å². The van der Waals surface area contributed by atoms with E-state index in [2.05, 4.69) is 145 Å². The van der Waals surface area contributed by atoms with Crippen LogP contribution >= 0.6 is 0 Å². The van der Waals surface area contributed by atoms with E-state index < -0.39 is 0 Å². The lowest BCUT2D eigenvalue weighted by Gasteiger charge is -2.31. The Morgan fingerprint density at radius 2 is 1.16 bits per heavy atom. The first-order valence-corrected chi connectivity index (χ1v) is 15.1. The van der Waals surface area contributed by atoms with E-state index in [0.29, 0.717) is 0 Å². The van der Waals surface area contributed by atoms with Gasteiger partial charge in [0.1, 0.15) is 0 Å². The van der Waals surface area contributed by atoms with Gasteiger partial charge in [-0.2, -0.15) is 0 Å². The number of para-hydroxylation sites is 2. The third-order valence-electron chi connectivity index (χ3n) is 8.84. The molecule has 1 atom stereocenters. The van der Waals surface area contributed by atoms with Crippen molar-refractivity contribution in [2.45, 2.75) is 18.8 Å². The van der Waals surface area contributed by atoms with E-state index in [9.17, 15) is 0 Å². The molecule has 0 fully saturated rings. The molecule has 2 heterocycles. The Labute approximate surface area is 257 Å². The number of hydrogen-bond donors (Lipinski definition) is 0. The fraction of sp³-hybridized carbons (Fsp3) is 0.0732. The number of rotatable bonds is 5. The fourth-order valence-corrected chi connectivity index (χ4v) is 6.54. The molecule has 0 aliphatic heterocycles. The lowest BCUT2D eigenvalue weighted by Crippen LogP contribution is -2.21. The van der Waals surface area contributed by atoms with Gasteiger partial charge in [-0.05, 0) is 47.9 Å². The summed E-state index contributed by atoms with van der Waals surface area (Å²) in [6.45, 7) is 2.32. The Hall–Kier alpha value is -5.54. The number of nitrogens with zero attached hydrogens (tertiary/aromatic N) is 3. The summed E-state index contributed by atoms with van der Waals surface area (Å²) < 4.78 is 2.37. The number of benzene rings is 5. The lowest BCUT2D eigenvalue weighted by molar-refractivity contribution is 0.608. The van der Waals surface area contributed by atoms with E-state index in [1.54, 1.807) is 0 Å². The number of allylic oxidation sites excluding steroid dienone is 4. The normalized spacial score (nSPS) is 16.3. The van der Waals surface area contributed by atoms with Gasteiger partial charge in [-0.15, -0.1) is 0 Å². The molecule has 2 aromatic heterocycles. The second-order valence-electron chi connectivity index (χ2n) is 11.8. The molecule has 1 aliphatic carbocycles. The highest BCUT2D eigenvalue weighted by atomic mass is 15.0. The van der Waals surface area contributed by atoms with Gasteiger partial charge in [0.05, 0.1) is 22.4 Å². The van der Waals surface area contributed by atoms with Crippen molar-refractivity contribution in [3.63, 3.8) is 0 Å². The van der Waals surface area contributed by atoms with E-state index in [4.69, 9.17) is 9.97 Å². The fourth-order valence-electron chi connectivity index (χ4n) is 6.54. The predicted molar refractivity (Wildman–Crippen MR) is 183 cm³/mol. The van der Waals surface area contributed by atoms with Crippen LogP contribution in [-0.4, -0.2) is 14.5 Å². The molecule has 8 rings (SSSR count). The van der Waals surface area contributed by atoms with Crippen LogP contribution in [0.1, 0.15) is 24.6 Å². The van der Waals surface area contributed by atoms with E-state index >= 15 is 0 Å². The first kappa shape index (κ1) is 26.1. The molecule has 0 amide bonds. The molecule has 0 saturated carbocycles. The maximum Gasteiger partial charge on any atom is 0.160 e. The van der Waals surface area contributed by atoms with Gasteiger partial charge in [0.2, 0.25) is 0 Å². The van der Waals surface area contributed by atoms with Gasteiger partial charge >= 0.3 is 0 Å². The van der Waals surface area contributed by atoms with Crippen molar-refractivity contribution >= 4 is 27.4 Å². The molecule has 210 valence electrons. The van der Waals surface area contributed by atoms with E-state index in [0.717, 1.165) is 34.8 Å². The first-order chi connectivity index (χ1) is 21.7. The van der Waals surface area contributed by atoms with Crippen LogP contribution in [0.2, 0.25) is 0 Å². The molecule has 7 aromatic rings. The van der Waals surface area contributed by atoms with Crippen LogP contribution in [0.5, 0.6) is 0 Å². The molecule has 3 heteroatoms. The maximum atomic E-state index is 5.10. The summed E-state index contributed by atoms with van der Waals surface area (Å²) in [5, 5.41) is 2.55. The quantitative estimate of drug-likeness (QED) is 0.208. The highest BCUT2D eigenvalue weighted by Gasteiger charge is 2.28. The summed E-state index contributed by atoms with van der Waals surface area (Å²) in [7, 11) is 0. The Kier molecular flexibility index (Phi) is 6.31. The summed E-state index contributed by atoms with van der Waals surface area (Å²) in [4.78, 5) is 10.1. The van der Waals surface area contributed by atoms with Crippen molar-refractivity contribution in [2.75, 3.05) is 0 Å². The van der Waals surface area contributed by atoms with Crippen molar-refractivity contribution in [1.82, 2.24) is 14.5 Å². The average Bonchev–Trinajstić information content (AvgIpc) is 3.43. The third kappa shape index (κ3) is 4.54. The molecule has 0 radical (unpaired) electrons. The van der Waals surface area contributed by atoms with Crippen molar-refractivity contribution in [3.05, 3.63) is 169 Å². The molecule has 0 spiro atoms. The van der Waals surface area contributed by atoms with E-state index in [1.165, 1.54) is 38.6 Å². The van der Waals surface area contributed by atoms with Crippen LogP contribution in [0.4, 0.5) is 0 Å². The van der Waals surface area contributed by atoms with Gasteiger partial charge in [0.25, 0.3) is 0 Å². The van der Waals surface area contributed by atoms with Crippen LogP contribution in [0.25, 0.3) is 55.7 Å². The molecule has 44 heavy (non-hydrogen) atoms. The third-order valence-corrected chi connectivity index (χ3v) is 8.84. The van der Waals surface area contributed by atoms with Gasteiger partial charge in [0, 0.05) is 33.0 Å². The van der Waals surface area contributed by atoms with Gasteiger partial charge in [-0.3, -0.25) is 0 Å². The van der Waals surface area contributed by atoms with Gasteiger partial charge in [-0.1, -0.05) is 134 Å². The average molecular weight is 566 g/mol. The molecular formula is C41H31N3. The van der Waals surface area contributed by atoms with Crippen molar-refractivity contribution in [1.29, 1.82) is 0 Å². The second kappa shape index (κ2) is 10.6. The summed E-state index contributed by atoms with van der Waals surface area (Å²) in [5.74, 6) is 0.745. The lowest BCUT2D eigenvalue weighted by atomic mass is 9.74. The van der Waals surface area contributed by atoms with Gasteiger partial charge in [0.15, 0.2) is 5.82 Å². The molecule has 1 unspecified atom stereocenters. The van der Waals surface area contributed by atoms with E-state index in [-0.39, 0.29) is 5.41 Å². The highest BCUT2D eigenvalue weighted by Crippen LogP contribution is 2.40. The zero-order valence-electron chi connectivity index (χ0n) is 24.6. The predicted octanol–water partition coefficient (Wildman–Crippen LogP) is 10.2. The topological polar surface area (TPSA) is 30.7 Å². The SMILES string of the molecule is CC1(c2ccc(-n3c4ccccc4c4ccccc43)cc2)C=CC=C(c2cc(-c3ccccc3)nc(-c3ccccc3)n2)C1. The van der Waals surface area contributed by atoms with Crippen molar-refractivity contribution < 1.29 is 0 Å². The largest absolute Gasteiger partial charge is 0.309 e. The van der Waals surface area contributed by atoms with Crippen LogP contribution in [0.15, 0.2) is 158 Å². The molecule has 0 bridgehead atoms. The summed E-state index contributed by atoms with van der Waals surface area (Å²) >= 11 is 0. The van der Waals surface area contributed by atoms with Crippen LogP contribution in [0, 0.1) is 0 Å². The molecule has 0 saturated heterocycles. The van der Waals surface area contributed by atoms with Crippen molar-refractivity contribution in [3.8, 4) is 28.3 Å². The summed E-state index contributed by atoms with van der Waals surface area (Å²) in [5.41, 5.74) is 9.94. The summed E-state index contributed by atoms with van der Waals surface area (Å²) in [6.07, 6.45) is 7.56. The molecule has 0 N–H and O–H groups in total. The first-order valence-electron chi connectivity index (χ1n) is 15.1. The molecule has 5 aromatic carbocycles. The monoisotopic (exact) mass is 565 g/mol. The van der Waals surface area contributed by atoms with Crippen LogP contribution in [0.3, 0.4) is 0 Å². The zero-order valence-corrected chi connectivity index (χ0v) is 24.6. The molecular weight excluding hydrogens is 534 g/mol. The number of fused-ring (bicyclic) bond motifs is 3. The molecule has 3 nitrogen and oxygen atoms in total. The van der Waals surface area contributed by atoms with Gasteiger partial charge in [-0.25, -0.2) is 9.97 Å². The molecule has 1 aliphatic rings. The van der Waals surface area contributed by atoms with Crippen molar-refractivity contribution in [2.24, 2.45) is 0 Å². The van der Waals surface area contributed by atoms with Gasteiger partial charge < -0.3 is 4.57 Å². The minimum atomic E-state index is -0.172. The minimum Gasteiger partial charge on any atom is -0.309 e. The van der Waals surface area contributed by atoms with E-state index in [1.807, 2.05) is 24.3 Å². The number of hydrogen-bond acceptors (Lipinski definition) is 2. The highest BCUT2D eigenvalue weighted by molar-refractivity contribution is 6.09. The Morgan fingerprint density at radius 3 is 1.82 bits per heavy atom. The zero-order chi connectivity index (χ0) is 29.5. The number of aromatic nitrogens is 3. The maximum absolute atomic E-state index is 5.10. The summed E-state index contributed by atoms with van der Waals surface area (Å²) in [6, 6.07) is 49.2. The second-order valence-corrected chi connectivity index (χ2v) is 11.8. The Bertz CT molecular complexity index is 2080.